The number of nitrogens with one attached hydrogen (secondary N) is 2. The smallest absolute Gasteiger partial charge is 0.00636 e. The van der Waals surface area contributed by atoms with Gasteiger partial charge in [0.2, 0.25) is 0 Å². The monoisotopic (exact) mass is 95.0 g/mol. The van der Waals surface area contributed by atoms with Crippen LogP contribution in [-0.2, 0) is 0 Å². The Labute approximate surface area is 33.4 Å². The molecular weight excluding hydrogens is 90.0 g/mol. The van der Waals surface area contributed by atoms with E-state index in [0.717, 1.165) is 11.2 Å². The van der Waals surface area contributed by atoms with Crippen molar-refractivity contribution >= 4 is 0 Å². The van der Waals surface area contributed by atoms with Gasteiger partial charge in [0.1, 0.15) is 0 Å². The van der Waals surface area contributed by atoms with E-state index in [4.69, 9.17) is 15.6 Å². The maximum Gasteiger partial charge on any atom is -0.00636 e. The summed E-state index contributed by atoms with van der Waals surface area (Å²) in [6.45, 7) is 0. The molecule has 0 aromatic heterocycles. The highest BCUT2D eigenvalue weighted by Crippen LogP contribution is 1.48. The molecule has 0 aromatic carbocycles. The number of hydrogen-bond donors (Lipinski definition) is 5. The van der Waals surface area contributed by atoms with Crippen LogP contribution in [0.25, 0.3) is 0 Å². The number of nitrogens with zero attached hydrogens (tertiary/aromatic N) is 1. The SMILES string of the molecule is ONN(O)NO. The Morgan fingerprint density at radius 3 is 1.50 bits per heavy atom. The van der Waals surface area contributed by atoms with Crippen LogP contribution in [0.15, 0.2) is 0 Å². The van der Waals surface area contributed by atoms with Gasteiger partial charge in [-0.25, -0.2) is 0 Å². The first-order valence-corrected chi connectivity index (χ1v) is 1.09. The molecule has 0 aliphatic carbocycles. The van der Waals surface area contributed by atoms with Crippen molar-refractivity contribution in [2.45, 2.75) is 0 Å². The van der Waals surface area contributed by atoms with Gasteiger partial charge in [-0.15, -0.1) is 0 Å². The second-order valence-electron chi connectivity index (χ2n) is 0.512. The van der Waals surface area contributed by atoms with Crippen LogP contribution in [-0.4, -0.2) is 20.9 Å². The molecule has 0 atom stereocenters. The molecule has 0 aliphatic rings. The minimum atomic E-state index is -0.139. The minimum Gasteiger partial charge on any atom is -0.299 e. The number of rotatable bonds is 2. The predicted molar refractivity (Wildman–Crippen MR) is 13.5 cm³/mol. The fourth-order valence-electron chi connectivity index (χ4n) is 0.0224. The van der Waals surface area contributed by atoms with Gasteiger partial charge < -0.3 is 0 Å². The van der Waals surface area contributed by atoms with Crippen LogP contribution in [0.2, 0.25) is 0 Å². The van der Waals surface area contributed by atoms with Crippen LogP contribution < -0.4 is 11.2 Å². The number of hydrogen-bond acceptors (Lipinski definition) is 6. The van der Waals surface area contributed by atoms with E-state index in [1.165, 1.54) is 0 Å². The minimum absolute atomic E-state index is 0.139. The van der Waals surface area contributed by atoms with Gasteiger partial charge in [-0.05, 0) is 5.28 Å². The quantitative estimate of drug-likeness (QED) is 0.267. The predicted octanol–water partition coefficient (Wildman–Crippen LogP) is -1.53. The van der Waals surface area contributed by atoms with E-state index < -0.39 is 0 Å². The Kier molecular flexibility index (Phi) is 2.85. The molecule has 6 nitrogen and oxygen atoms in total. The molecule has 0 heterocycles. The summed E-state index contributed by atoms with van der Waals surface area (Å²) in [5.74, 6) is 0. The van der Waals surface area contributed by atoms with E-state index >= 15 is 0 Å². The molecular formula is H5N3O3. The summed E-state index contributed by atoms with van der Waals surface area (Å²) < 4.78 is 0. The summed E-state index contributed by atoms with van der Waals surface area (Å²) in [6, 6.07) is 0. The zero-order chi connectivity index (χ0) is 4.99. The molecule has 0 saturated carbocycles. The molecule has 0 amide bonds. The largest absolute Gasteiger partial charge is 0.299 e. The first-order chi connectivity index (χ1) is 2.81. The molecule has 0 rings (SSSR count). The van der Waals surface area contributed by atoms with E-state index in [0.29, 0.717) is 0 Å². The van der Waals surface area contributed by atoms with E-state index in [-0.39, 0.29) is 5.28 Å². The van der Waals surface area contributed by atoms with Crippen LogP contribution >= 0.6 is 0 Å². The fourth-order valence-corrected chi connectivity index (χ4v) is 0.0224. The summed E-state index contributed by atoms with van der Waals surface area (Å²) in [6.07, 6.45) is 0. The average molecular weight is 95.1 g/mol. The van der Waals surface area contributed by atoms with Crippen LogP contribution in [0.4, 0.5) is 0 Å². The molecule has 0 unspecified atom stereocenters. The summed E-state index contributed by atoms with van der Waals surface area (Å²) in [4.78, 5) is 0. The van der Waals surface area contributed by atoms with Crippen molar-refractivity contribution in [2.75, 3.05) is 0 Å². The van der Waals surface area contributed by atoms with Crippen molar-refractivity contribution in [2.24, 2.45) is 0 Å². The van der Waals surface area contributed by atoms with Crippen molar-refractivity contribution in [1.29, 1.82) is 0 Å². The van der Waals surface area contributed by atoms with Crippen LogP contribution in [0.3, 0.4) is 0 Å². The average Bonchev–Trinajstić information content (AvgIpc) is 1.65. The Morgan fingerprint density at radius 1 is 1.17 bits per heavy atom. The molecule has 6 heteroatoms. The highest BCUT2D eigenvalue weighted by molar-refractivity contribution is 3.77. The van der Waals surface area contributed by atoms with Gasteiger partial charge in [0.05, 0.1) is 0 Å². The Morgan fingerprint density at radius 2 is 1.50 bits per heavy atom. The topological polar surface area (TPSA) is 88.0 Å². The van der Waals surface area contributed by atoms with Gasteiger partial charge in [0, 0.05) is 0 Å². The molecule has 38 valence electrons. The van der Waals surface area contributed by atoms with E-state index in [1.807, 2.05) is 0 Å². The molecule has 0 aromatic rings. The summed E-state index contributed by atoms with van der Waals surface area (Å²) in [5, 5.41) is 22.7. The first-order valence-electron chi connectivity index (χ1n) is 1.09. The summed E-state index contributed by atoms with van der Waals surface area (Å²) in [5.41, 5.74) is 2.28. The lowest BCUT2D eigenvalue weighted by Crippen LogP contribution is -2.41. The van der Waals surface area contributed by atoms with E-state index in [2.05, 4.69) is 0 Å². The van der Waals surface area contributed by atoms with Crippen molar-refractivity contribution in [3.05, 3.63) is 0 Å². The van der Waals surface area contributed by atoms with Gasteiger partial charge >= 0.3 is 0 Å². The Bertz CT molecular complexity index is 25.2. The summed E-state index contributed by atoms with van der Waals surface area (Å²) >= 11 is 0. The Balaban J connectivity index is 2.75. The molecule has 0 saturated heterocycles. The maximum atomic E-state index is 7.78. The highest BCUT2D eigenvalue weighted by Gasteiger charge is 1.84. The first kappa shape index (κ1) is 5.76. The lowest BCUT2D eigenvalue weighted by molar-refractivity contribution is -0.304. The van der Waals surface area contributed by atoms with Gasteiger partial charge in [0.15, 0.2) is 0 Å². The summed E-state index contributed by atoms with van der Waals surface area (Å²) in [7, 11) is 0. The van der Waals surface area contributed by atoms with Crippen LogP contribution in [0.1, 0.15) is 0 Å². The lowest BCUT2D eigenvalue weighted by atomic mass is 12.3. The second kappa shape index (κ2) is 2.97. The molecule has 0 bridgehead atoms. The molecule has 0 aliphatic heterocycles. The van der Waals surface area contributed by atoms with Crippen LogP contribution in [0, 0.1) is 0 Å². The number of hydrazine groups is 2. The zero-order valence-corrected chi connectivity index (χ0v) is 2.79. The van der Waals surface area contributed by atoms with E-state index in [9.17, 15) is 0 Å². The normalized spacial score (nSPS) is 10.0. The third-order valence-corrected chi connectivity index (χ3v) is 0.189. The molecule has 0 fully saturated rings. The fraction of sp³-hybridized carbons (Fsp3) is 0. The van der Waals surface area contributed by atoms with Gasteiger partial charge in [-0.3, -0.25) is 15.6 Å². The zero-order valence-electron chi connectivity index (χ0n) is 2.79. The third kappa shape index (κ3) is 2.03. The molecule has 6 heavy (non-hydrogen) atoms. The molecule has 0 spiro atoms. The molecule has 0 radical (unpaired) electrons. The van der Waals surface area contributed by atoms with Crippen molar-refractivity contribution < 1.29 is 15.6 Å². The third-order valence-electron chi connectivity index (χ3n) is 0.189. The van der Waals surface area contributed by atoms with Crippen molar-refractivity contribution in [1.82, 2.24) is 16.5 Å². The van der Waals surface area contributed by atoms with Crippen molar-refractivity contribution in [3.63, 3.8) is 0 Å². The maximum absolute atomic E-state index is 7.78. The van der Waals surface area contributed by atoms with Gasteiger partial charge in [0.25, 0.3) is 0 Å². The Hall–Kier alpha value is -0.240. The standard InChI is InChI=1S/H5N3O3/c4-1-3(6)2-5/h1-2,4-6H. The van der Waals surface area contributed by atoms with Crippen LogP contribution in [0.5, 0.6) is 0 Å². The second-order valence-corrected chi connectivity index (χ2v) is 0.512. The van der Waals surface area contributed by atoms with Gasteiger partial charge in [-0.1, -0.05) is 11.2 Å². The molecule has 5 N–H and O–H groups in total. The highest BCUT2D eigenvalue weighted by atomic mass is 16.8. The van der Waals surface area contributed by atoms with E-state index in [1.54, 1.807) is 0 Å². The lowest BCUT2D eigenvalue weighted by Gasteiger charge is -2.04. The van der Waals surface area contributed by atoms with Crippen molar-refractivity contribution in [3.8, 4) is 0 Å². The van der Waals surface area contributed by atoms with Gasteiger partial charge in [-0.2, -0.15) is 0 Å².